The summed E-state index contributed by atoms with van der Waals surface area (Å²) in [6.45, 7) is 5.25. The van der Waals surface area contributed by atoms with Gasteiger partial charge in [0.25, 0.3) is 0 Å². The van der Waals surface area contributed by atoms with E-state index in [1.54, 1.807) is 13.4 Å². The number of aryl methyl sites for hydroxylation is 1. The van der Waals surface area contributed by atoms with E-state index in [9.17, 15) is 4.79 Å². The Morgan fingerprint density at radius 3 is 2.52 bits per heavy atom. The van der Waals surface area contributed by atoms with Crippen molar-refractivity contribution in [2.75, 3.05) is 43.1 Å². The molecule has 1 fully saturated rings. The van der Waals surface area contributed by atoms with E-state index in [0.29, 0.717) is 24.4 Å². The Hall–Kier alpha value is -3.35. The molecule has 1 aromatic carbocycles. The van der Waals surface area contributed by atoms with E-state index >= 15 is 0 Å². The average molecular weight is 418 g/mol. The maximum absolute atomic E-state index is 12.8. The third kappa shape index (κ3) is 3.65. The van der Waals surface area contributed by atoms with Crippen molar-refractivity contribution in [3.63, 3.8) is 0 Å². The highest BCUT2D eigenvalue weighted by Gasteiger charge is 2.32. The number of piperazine rings is 1. The molecule has 0 N–H and O–H groups in total. The van der Waals surface area contributed by atoms with Crippen LogP contribution in [0.2, 0.25) is 0 Å². The number of fused-ring (bicyclic) bond motifs is 1. The largest absolute Gasteiger partial charge is 0.495 e. The number of nitrogens with zero attached hydrogens (tertiary/aromatic N) is 4. The molecule has 3 heterocycles. The molecular formula is C24H26N4O3. The molecule has 0 saturated carbocycles. The Morgan fingerprint density at radius 2 is 1.77 bits per heavy atom. The van der Waals surface area contributed by atoms with Crippen LogP contribution in [0.3, 0.4) is 0 Å². The average Bonchev–Trinajstić information content (AvgIpc) is 3.34. The van der Waals surface area contributed by atoms with Crippen LogP contribution >= 0.6 is 0 Å². The van der Waals surface area contributed by atoms with Gasteiger partial charge in [0, 0.05) is 44.9 Å². The molecule has 3 aromatic rings. The Morgan fingerprint density at radius 1 is 1.00 bits per heavy atom. The van der Waals surface area contributed by atoms with Crippen molar-refractivity contribution in [1.29, 1.82) is 0 Å². The molecule has 1 saturated heterocycles. The number of benzene rings is 1. The molecule has 7 nitrogen and oxygen atoms in total. The molecule has 1 aliphatic carbocycles. The lowest BCUT2D eigenvalue weighted by Gasteiger charge is -2.37. The molecule has 2 aromatic heterocycles. The van der Waals surface area contributed by atoms with Gasteiger partial charge in [-0.15, -0.1) is 0 Å². The van der Waals surface area contributed by atoms with E-state index < -0.39 is 0 Å². The first-order valence-corrected chi connectivity index (χ1v) is 10.7. The van der Waals surface area contributed by atoms with Gasteiger partial charge in [0.05, 0.1) is 36.0 Å². The zero-order valence-electron chi connectivity index (χ0n) is 17.9. The lowest BCUT2D eigenvalue weighted by Crippen LogP contribution is -2.47. The number of ketones is 1. The summed E-state index contributed by atoms with van der Waals surface area (Å²) in [5, 5.41) is 0. The van der Waals surface area contributed by atoms with Crippen LogP contribution in [0.5, 0.6) is 5.75 Å². The smallest absolute Gasteiger partial charge is 0.225 e. The van der Waals surface area contributed by atoms with Gasteiger partial charge in [-0.3, -0.25) is 4.79 Å². The van der Waals surface area contributed by atoms with Gasteiger partial charge in [0.1, 0.15) is 11.5 Å². The fourth-order valence-corrected chi connectivity index (χ4v) is 4.66. The van der Waals surface area contributed by atoms with Crippen LogP contribution in [0.15, 0.2) is 47.1 Å². The number of Topliss-reactive ketones (excluding diaryl/α,β-unsaturated/α-hetero) is 1. The molecule has 0 spiro atoms. The summed E-state index contributed by atoms with van der Waals surface area (Å²) < 4.78 is 11.1. The predicted molar refractivity (Wildman–Crippen MR) is 118 cm³/mol. The number of anilines is 2. The number of hydrogen-bond acceptors (Lipinski definition) is 7. The fraction of sp³-hybridized carbons (Fsp3) is 0.375. The minimum atomic E-state index is 0.0412. The molecule has 0 radical (unpaired) electrons. The van der Waals surface area contributed by atoms with Crippen molar-refractivity contribution in [3.05, 3.63) is 65.4 Å². The normalized spacial score (nSPS) is 18.8. The van der Waals surface area contributed by atoms with Crippen LogP contribution in [0.25, 0.3) is 0 Å². The van der Waals surface area contributed by atoms with Crippen molar-refractivity contribution < 1.29 is 13.9 Å². The van der Waals surface area contributed by atoms with Gasteiger partial charge >= 0.3 is 0 Å². The summed E-state index contributed by atoms with van der Waals surface area (Å²) in [4.78, 5) is 26.9. The summed E-state index contributed by atoms with van der Waals surface area (Å²) in [5.74, 6) is 2.59. The van der Waals surface area contributed by atoms with E-state index in [1.165, 1.54) is 0 Å². The van der Waals surface area contributed by atoms with Crippen molar-refractivity contribution in [1.82, 2.24) is 9.97 Å². The van der Waals surface area contributed by atoms with E-state index in [4.69, 9.17) is 19.1 Å². The monoisotopic (exact) mass is 418 g/mol. The number of carbonyl (C=O) groups excluding carboxylic acids is 1. The number of hydrogen-bond donors (Lipinski definition) is 0. The number of carbonyl (C=O) groups is 1. The maximum Gasteiger partial charge on any atom is 0.225 e. The first-order chi connectivity index (χ1) is 15.1. The number of rotatable bonds is 4. The zero-order chi connectivity index (χ0) is 21.4. The minimum absolute atomic E-state index is 0.0412. The molecule has 0 bridgehead atoms. The Labute approximate surface area is 181 Å². The van der Waals surface area contributed by atoms with Gasteiger partial charge in [0.15, 0.2) is 5.78 Å². The van der Waals surface area contributed by atoms with Crippen LogP contribution < -0.4 is 14.5 Å². The van der Waals surface area contributed by atoms with E-state index in [2.05, 4.69) is 15.9 Å². The standard InChI is InChI=1S/C24H26N4O3/c1-16-23-18(14-17(15-20(23)29)21-8-5-13-31-21)26-24(25-16)28-11-9-27(10-12-28)19-6-3-4-7-22(19)30-2/h3-8,13,17H,9-12,14-15H2,1-2H3. The van der Waals surface area contributed by atoms with Crippen LogP contribution in [0, 0.1) is 6.92 Å². The van der Waals surface area contributed by atoms with Gasteiger partial charge < -0.3 is 19.0 Å². The van der Waals surface area contributed by atoms with E-state index in [1.807, 2.05) is 37.3 Å². The topological polar surface area (TPSA) is 71.7 Å². The summed E-state index contributed by atoms with van der Waals surface area (Å²) in [7, 11) is 1.70. The second-order valence-electron chi connectivity index (χ2n) is 8.12. The van der Waals surface area contributed by atoms with Crippen molar-refractivity contribution >= 4 is 17.4 Å². The SMILES string of the molecule is COc1ccccc1N1CCN(c2nc(C)c3c(n2)CC(c2ccco2)CC3=O)CC1. The molecule has 1 atom stereocenters. The van der Waals surface area contributed by atoms with Crippen molar-refractivity contribution in [2.24, 2.45) is 0 Å². The third-order valence-electron chi connectivity index (χ3n) is 6.24. The molecular weight excluding hydrogens is 392 g/mol. The molecule has 7 heteroatoms. The lowest BCUT2D eigenvalue weighted by molar-refractivity contribution is 0.0958. The molecule has 31 heavy (non-hydrogen) atoms. The summed E-state index contributed by atoms with van der Waals surface area (Å²) >= 11 is 0. The van der Waals surface area contributed by atoms with Crippen molar-refractivity contribution in [2.45, 2.75) is 25.7 Å². The summed E-state index contributed by atoms with van der Waals surface area (Å²) in [6.07, 6.45) is 2.81. The number of para-hydroxylation sites is 2. The molecule has 1 unspecified atom stereocenters. The van der Waals surface area contributed by atoms with Crippen LogP contribution in [0.4, 0.5) is 11.6 Å². The van der Waals surface area contributed by atoms with Crippen molar-refractivity contribution in [3.8, 4) is 5.75 Å². The Kier molecular flexibility index (Phi) is 5.10. The van der Waals surface area contributed by atoms with Crippen LogP contribution in [-0.4, -0.2) is 49.0 Å². The molecule has 5 rings (SSSR count). The quantitative estimate of drug-likeness (QED) is 0.641. The van der Waals surface area contributed by atoms with Gasteiger partial charge in [0.2, 0.25) is 5.95 Å². The highest BCUT2D eigenvalue weighted by Crippen LogP contribution is 2.34. The minimum Gasteiger partial charge on any atom is -0.495 e. The first kappa shape index (κ1) is 19.6. The third-order valence-corrected chi connectivity index (χ3v) is 6.24. The molecule has 160 valence electrons. The number of furan rings is 1. The van der Waals surface area contributed by atoms with Crippen LogP contribution in [0.1, 0.15) is 39.8 Å². The zero-order valence-corrected chi connectivity index (χ0v) is 17.9. The maximum atomic E-state index is 12.8. The Balaban J connectivity index is 1.36. The highest BCUT2D eigenvalue weighted by atomic mass is 16.5. The van der Waals surface area contributed by atoms with Gasteiger partial charge in [-0.25, -0.2) is 9.97 Å². The number of ether oxygens (including phenoxy) is 1. The molecule has 0 amide bonds. The van der Waals surface area contributed by atoms with Gasteiger partial charge in [-0.05, 0) is 31.2 Å². The summed E-state index contributed by atoms with van der Waals surface area (Å²) in [5.41, 5.74) is 3.42. The highest BCUT2D eigenvalue weighted by molar-refractivity contribution is 5.99. The first-order valence-electron chi connectivity index (χ1n) is 10.7. The fourth-order valence-electron chi connectivity index (χ4n) is 4.66. The summed E-state index contributed by atoms with van der Waals surface area (Å²) in [6, 6.07) is 11.9. The Bertz CT molecular complexity index is 1090. The van der Waals surface area contributed by atoms with E-state index in [0.717, 1.165) is 54.8 Å². The number of methoxy groups -OCH3 is 1. The van der Waals surface area contributed by atoms with Gasteiger partial charge in [-0.2, -0.15) is 0 Å². The second-order valence-corrected chi connectivity index (χ2v) is 8.12. The molecule has 1 aliphatic heterocycles. The predicted octanol–water partition coefficient (Wildman–Crippen LogP) is 3.63. The second kappa shape index (κ2) is 8.06. The number of aromatic nitrogens is 2. The molecule has 2 aliphatic rings. The van der Waals surface area contributed by atoms with E-state index in [-0.39, 0.29) is 11.7 Å². The van der Waals surface area contributed by atoms with Gasteiger partial charge in [-0.1, -0.05) is 12.1 Å². The van der Waals surface area contributed by atoms with Crippen LogP contribution in [-0.2, 0) is 6.42 Å². The lowest BCUT2D eigenvalue weighted by atomic mass is 9.84.